The Kier molecular flexibility index (Phi) is 3.33. The third-order valence-electron chi connectivity index (χ3n) is 2.64. The van der Waals surface area contributed by atoms with Crippen LogP contribution in [-0.2, 0) is 4.79 Å². The van der Waals surface area contributed by atoms with Crippen molar-refractivity contribution in [2.24, 2.45) is 0 Å². The summed E-state index contributed by atoms with van der Waals surface area (Å²) in [5, 5.41) is 11.5. The Balaban J connectivity index is 2.50. The average molecular weight is 259 g/mol. The molecule has 0 atom stereocenters. The van der Waals surface area contributed by atoms with Gasteiger partial charge in [0, 0.05) is 11.1 Å². The van der Waals surface area contributed by atoms with Gasteiger partial charge in [0.1, 0.15) is 6.54 Å². The average Bonchev–Trinajstić information content (AvgIpc) is 2.36. The van der Waals surface area contributed by atoms with Gasteiger partial charge in [0.15, 0.2) is 0 Å². The highest BCUT2D eigenvalue weighted by molar-refractivity contribution is 6.08. The van der Waals surface area contributed by atoms with Gasteiger partial charge in [-0.05, 0) is 19.1 Å². The smallest absolute Gasteiger partial charge is 0.322 e. The van der Waals surface area contributed by atoms with Crippen molar-refractivity contribution in [3.8, 4) is 0 Å². The lowest BCUT2D eigenvalue weighted by molar-refractivity contribution is -0.135. The third-order valence-corrected chi connectivity index (χ3v) is 2.64. The van der Waals surface area contributed by atoms with Crippen molar-refractivity contribution >= 4 is 28.5 Å². The molecule has 0 aliphatic rings. The van der Waals surface area contributed by atoms with Gasteiger partial charge in [0.05, 0.1) is 16.8 Å². The molecule has 6 heteroatoms. The van der Waals surface area contributed by atoms with Crippen LogP contribution in [0.1, 0.15) is 16.1 Å². The van der Waals surface area contributed by atoms with E-state index in [-0.39, 0.29) is 0 Å². The summed E-state index contributed by atoms with van der Waals surface area (Å²) in [4.78, 5) is 26.7. The monoisotopic (exact) mass is 259 g/mol. The van der Waals surface area contributed by atoms with E-state index in [2.05, 4.69) is 10.3 Å². The topological polar surface area (TPSA) is 105 Å². The molecule has 0 unspecified atom stereocenters. The molecule has 1 aromatic heterocycles. The zero-order valence-corrected chi connectivity index (χ0v) is 10.3. The maximum atomic E-state index is 12.0. The van der Waals surface area contributed by atoms with Crippen molar-refractivity contribution in [1.82, 2.24) is 10.3 Å². The van der Waals surface area contributed by atoms with E-state index in [1.807, 2.05) is 0 Å². The number of para-hydroxylation sites is 1. The maximum Gasteiger partial charge on any atom is 0.322 e. The number of nitrogens with zero attached hydrogens (tertiary/aromatic N) is 1. The lowest BCUT2D eigenvalue weighted by atomic mass is 10.1. The van der Waals surface area contributed by atoms with Crippen LogP contribution in [0, 0.1) is 6.92 Å². The quantitative estimate of drug-likeness (QED) is 0.711. The molecule has 0 aliphatic heterocycles. The van der Waals surface area contributed by atoms with E-state index in [0.717, 1.165) is 0 Å². The number of pyridine rings is 1. The molecule has 0 saturated heterocycles. The van der Waals surface area contributed by atoms with E-state index < -0.39 is 18.4 Å². The number of hydrogen-bond donors (Lipinski definition) is 3. The van der Waals surface area contributed by atoms with Crippen LogP contribution in [0.25, 0.3) is 10.9 Å². The number of aryl methyl sites for hydroxylation is 1. The third kappa shape index (κ3) is 2.62. The number of anilines is 1. The van der Waals surface area contributed by atoms with Gasteiger partial charge in [0.2, 0.25) is 0 Å². The Bertz CT molecular complexity index is 667. The van der Waals surface area contributed by atoms with E-state index in [4.69, 9.17) is 10.8 Å². The number of nitrogen functional groups attached to an aromatic ring is 1. The number of nitrogens with one attached hydrogen (secondary N) is 1. The summed E-state index contributed by atoms with van der Waals surface area (Å²) in [6.45, 7) is 1.32. The van der Waals surface area contributed by atoms with Crippen LogP contribution in [-0.4, -0.2) is 28.5 Å². The first-order chi connectivity index (χ1) is 8.99. The minimum Gasteiger partial charge on any atom is -0.480 e. The molecule has 6 nitrogen and oxygen atoms in total. The summed E-state index contributed by atoms with van der Waals surface area (Å²) < 4.78 is 0. The first-order valence-corrected chi connectivity index (χ1v) is 5.65. The van der Waals surface area contributed by atoms with Crippen LogP contribution in [0.4, 0.5) is 5.69 Å². The number of benzene rings is 1. The molecule has 19 heavy (non-hydrogen) atoms. The van der Waals surface area contributed by atoms with Gasteiger partial charge >= 0.3 is 5.97 Å². The number of amides is 1. The van der Waals surface area contributed by atoms with Gasteiger partial charge in [-0.25, -0.2) is 0 Å². The van der Waals surface area contributed by atoms with E-state index in [9.17, 15) is 9.59 Å². The van der Waals surface area contributed by atoms with Crippen LogP contribution < -0.4 is 11.1 Å². The fourth-order valence-corrected chi connectivity index (χ4v) is 1.84. The molecule has 0 bridgehead atoms. The number of fused-ring (bicyclic) bond motifs is 1. The van der Waals surface area contributed by atoms with E-state index in [0.29, 0.717) is 27.8 Å². The Labute approximate surface area is 109 Å². The molecule has 1 aromatic carbocycles. The van der Waals surface area contributed by atoms with Crippen molar-refractivity contribution in [2.45, 2.75) is 6.92 Å². The molecule has 0 aliphatic carbocycles. The fraction of sp³-hybridized carbons (Fsp3) is 0.154. The van der Waals surface area contributed by atoms with E-state index in [1.54, 1.807) is 31.2 Å². The second-order valence-electron chi connectivity index (χ2n) is 4.13. The van der Waals surface area contributed by atoms with Crippen molar-refractivity contribution in [3.05, 3.63) is 35.5 Å². The summed E-state index contributed by atoms with van der Waals surface area (Å²) in [6.07, 6.45) is 0. The lowest BCUT2D eigenvalue weighted by Crippen LogP contribution is -2.29. The zero-order chi connectivity index (χ0) is 14.0. The minimum atomic E-state index is -1.09. The number of carboxylic acids is 1. The Morgan fingerprint density at radius 1 is 1.42 bits per heavy atom. The second kappa shape index (κ2) is 4.93. The summed E-state index contributed by atoms with van der Waals surface area (Å²) in [5.74, 6) is -1.55. The number of rotatable bonds is 3. The number of carbonyl (C=O) groups is 2. The van der Waals surface area contributed by atoms with Crippen molar-refractivity contribution in [1.29, 1.82) is 0 Å². The van der Waals surface area contributed by atoms with Crippen molar-refractivity contribution in [2.75, 3.05) is 12.3 Å². The molecular formula is C13H13N3O3. The van der Waals surface area contributed by atoms with Gasteiger partial charge in [0.25, 0.3) is 5.91 Å². The molecule has 98 valence electrons. The highest BCUT2D eigenvalue weighted by Crippen LogP contribution is 2.23. The predicted octanol–water partition coefficient (Wildman–Crippen LogP) is 0.940. The number of carboxylic acid groups (broad SMARTS) is 1. The molecule has 2 aromatic rings. The second-order valence-corrected chi connectivity index (χ2v) is 4.13. The van der Waals surface area contributed by atoms with Gasteiger partial charge < -0.3 is 16.2 Å². The molecule has 2 rings (SSSR count). The van der Waals surface area contributed by atoms with Crippen molar-refractivity contribution in [3.63, 3.8) is 0 Å². The molecule has 4 N–H and O–H groups in total. The summed E-state index contributed by atoms with van der Waals surface area (Å²) in [7, 11) is 0. The summed E-state index contributed by atoms with van der Waals surface area (Å²) >= 11 is 0. The van der Waals surface area contributed by atoms with Crippen LogP contribution in [0.3, 0.4) is 0 Å². The van der Waals surface area contributed by atoms with Gasteiger partial charge in [-0.1, -0.05) is 12.1 Å². The molecule has 0 radical (unpaired) electrons. The highest BCUT2D eigenvalue weighted by atomic mass is 16.4. The molecule has 0 spiro atoms. The first kappa shape index (κ1) is 12.8. The number of nitrogens with two attached hydrogens (primary N) is 1. The number of hydrogen-bond acceptors (Lipinski definition) is 4. The molecule has 0 fully saturated rings. The van der Waals surface area contributed by atoms with Gasteiger partial charge in [-0.3, -0.25) is 14.6 Å². The minimum absolute atomic E-state index is 0.371. The molecule has 1 heterocycles. The highest BCUT2D eigenvalue weighted by Gasteiger charge is 2.13. The predicted molar refractivity (Wildman–Crippen MR) is 70.9 cm³/mol. The van der Waals surface area contributed by atoms with E-state index in [1.165, 1.54) is 0 Å². The number of carbonyl (C=O) groups excluding carboxylic acids is 1. The zero-order valence-electron chi connectivity index (χ0n) is 10.3. The van der Waals surface area contributed by atoms with Crippen LogP contribution in [0.15, 0.2) is 24.3 Å². The number of aromatic nitrogens is 1. The Morgan fingerprint density at radius 2 is 2.16 bits per heavy atom. The molecule has 1 amide bonds. The van der Waals surface area contributed by atoms with Crippen molar-refractivity contribution < 1.29 is 14.7 Å². The van der Waals surface area contributed by atoms with Crippen LogP contribution in [0.5, 0.6) is 0 Å². The first-order valence-electron chi connectivity index (χ1n) is 5.65. The normalized spacial score (nSPS) is 10.4. The van der Waals surface area contributed by atoms with E-state index >= 15 is 0 Å². The Hall–Kier alpha value is -2.63. The fourth-order valence-electron chi connectivity index (χ4n) is 1.84. The standard InChI is InChI=1S/C13H13N3O3/c1-7-5-9(13(19)15-6-11(17)18)8-3-2-4-10(14)12(8)16-7/h2-5H,6,14H2,1H3,(H,15,19)(H,17,18). The largest absolute Gasteiger partial charge is 0.480 e. The summed E-state index contributed by atoms with van der Waals surface area (Å²) in [5.41, 5.74) is 7.87. The van der Waals surface area contributed by atoms with Crippen LogP contribution >= 0.6 is 0 Å². The van der Waals surface area contributed by atoms with Gasteiger partial charge in [-0.15, -0.1) is 0 Å². The number of aliphatic carboxylic acids is 1. The maximum absolute atomic E-state index is 12.0. The van der Waals surface area contributed by atoms with Gasteiger partial charge in [-0.2, -0.15) is 0 Å². The molecule has 0 saturated carbocycles. The SMILES string of the molecule is Cc1cc(C(=O)NCC(=O)O)c2cccc(N)c2n1. The molecular weight excluding hydrogens is 246 g/mol. The lowest BCUT2D eigenvalue weighted by Gasteiger charge is -2.09. The summed E-state index contributed by atoms with van der Waals surface area (Å²) in [6, 6.07) is 6.77. The Morgan fingerprint density at radius 3 is 2.84 bits per heavy atom. The van der Waals surface area contributed by atoms with Crippen LogP contribution in [0.2, 0.25) is 0 Å².